The van der Waals surface area contributed by atoms with Crippen molar-refractivity contribution in [3.63, 3.8) is 0 Å². The third-order valence-electron chi connectivity index (χ3n) is 8.04. The Morgan fingerprint density at radius 1 is 0.327 bits per heavy atom. The van der Waals surface area contributed by atoms with Crippen LogP contribution in [0.25, 0.3) is 0 Å². The fourth-order valence-electron chi connectivity index (χ4n) is 5.13. The van der Waals surface area contributed by atoms with E-state index >= 15 is 0 Å². The number of ether oxygens (including phenoxy) is 3. The van der Waals surface area contributed by atoms with Crippen molar-refractivity contribution in [2.24, 2.45) is 0 Å². The minimum atomic E-state index is 0.0880. The Morgan fingerprint density at radius 2 is 0.655 bits per heavy atom. The fraction of sp³-hybridized carbons (Fsp3) is 0.362. The van der Waals surface area contributed by atoms with Crippen LogP contribution in [0.2, 0.25) is 0 Å². The van der Waals surface area contributed by atoms with Crippen LogP contribution in [0.15, 0.2) is 127 Å². The van der Waals surface area contributed by atoms with Gasteiger partial charge >= 0.3 is 0 Å². The van der Waals surface area contributed by atoms with Crippen molar-refractivity contribution in [3.05, 3.63) is 127 Å². The van der Waals surface area contributed by atoms with Gasteiger partial charge in [-0.25, -0.2) is 0 Å². The van der Waals surface area contributed by atoms with Gasteiger partial charge in [0.25, 0.3) is 0 Å². The van der Waals surface area contributed by atoms with Gasteiger partial charge in [-0.05, 0) is 73.5 Å². The lowest BCUT2D eigenvalue weighted by Crippen LogP contribution is -1.96. The monoisotopic (exact) mass is 754 g/mol. The highest BCUT2D eigenvalue weighted by atomic mass is 16.5. The summed E-state index contributed by atoms with van der Waals surface area (Å²) in [6.45, 7) is 5.96. The normalized spacial score (nSPS) is 10.0. The van der Waals surface area contributed by atoms with E-state index in [4.69, 9.17) is 24.4 Å². The van der Waals surface area contributed by atoms with Crippen LogP contribution in [0.5, 0.6) is 51.7 Å². The molecule has 0 aliphatic heterocycles. The lowest BCUT2D eigenvalue weighted by molar-refractivity contribution is 0.302. The Bertz CT molecular complexity index is 1640. The minimum absolute atomic E-state index is 0.0880. The molecule has 0 aliphatic carbocycles. The van der Waals surface area contributed by atoms with Crippen LogP contribution in [0.4, 0.5) is 0 Å². The van der Waals surface area contributed by atoms with Crippen LogP contribution in [0.1, 0.15) is 97.3 Å². The van der Waals surface area contributed by atoms with E-state index in [0.29, 0.717) is 5.75 Å². The average molecular weight is 755 g/mol. The number of hydrogen-bond acceptors (Lipinski definition) is 8. The third kappa shape index (κ3) is 24.4. The quantitative estimate of drug-likeness (QED) is 0.0527. The first-order valence-corrected chi connectivity index (χ1v) is 19.6. The lowest BCUT2D eigenvalue weighted by atomic mass is 10.1. The number of phenolic OH excluding ortho intramolecular Hbond substituents is 5. The lowest BCUT2D eigenvalue weighted by Gasteiger charge is -2.06. The van der Waals surface area contributed by atoms with E-state index in [1.807, 2.05) is 42.5 Å². The fourth-order valence-corrected chi connectivity index (χ4v) is 5.13. The van der Waals surface area contributed by atoms with E-state index < -0.39 is 0 Å². The maximum Gasteiger partial charge on any atom is 0.131 e. The number of para-hydroxylation sites is 1. The zero-order valence-corrected chi connectivity index (χ0v) is 32.7. The first-order valence-electron chi connectivity index (χ1n) is 19.6. The number of aromatic hydroxyl groups is 5. The van der Waals surface area contributed by atoms with E-state index in [1.54, 1.807) is 66.7 Å². The maximum atomic E-state index is 9.26. The molecule has 0 aliphatic rings. The molecule has 0 spiro atoms. The van der Waals surface area contributed by atoms with Gasteiger partial charge in [-0.1, -0.05) is 127 Å². The Balaban J connectivity index is 0.000000260. The number of benzene rings is 5. The molecular formula is C47H62O8. The van der Waals surface area contributed by atoms with Crippen molar-refractivity contribution in [2.45, 2.75) is 97.3 Å². The molecule has 0 radical (unpaired) electrons. The highest BCUT2D eigenvalue weighted by molar-refractivity contribution is 5.36. The summed E-state index contributed by atoms with van der Waals surface area (Å²) in [4.78, 5) is 0. The number of phenols is 5. The molecule has 298 valence electrons. The van der Waals surface area contributed by atoms with Crippen LogP contribution in [0.3, 0.4) is 0 Å². The minimum Gasteiger partial charge on any atom is -0.508 e. The molecule has 0 unspecified atom stereocenters. The zero-order chi connectivity index (χ0) is 39.8. The number of unbranched alkanes of at least 4 members (excludes halogenated alkanes) is 11. The average Bonchev–Trinajstić information content (AvgIpc) is 3.17. The molecule has 0 atom stereocenters. The second-order valence-electron chi connectivity index (χ2n) is 13.0. The molecular weight excluding hydrogens is 693 g/mol. The van der Waals surface area contributed by atoms with Gasteiger partial charge in [0, 0.05) is 24.3 Å². The Kier molecular flexibility index (Phi) is 24.8. The van der Waals surface area contributed by atoms with Crippen molar-refractivity contribution in [1.29, 1.82) is 0 Å². The van der Waals surface area contributed by atoms with Gasteiger partial charge < -0.3 is 39.7 Å². The molecule has 5 aromatic carbocycles. The molecule has 0 bridgehead atoms. The maximum absolute atomic E-state index is 9.26. The van der Waals surface area contributed by atoms with Gasteiger partial charge in [-0.2, -0.15) is 0 Å². The number of rotatable bonds is 19. The standard InChI is InChI=1S/C15H24O2.C14H22O2.C12H10O2.C6H6O2/c1-2-3-4-5-6-7-8-12-17-15-11-9-10-14(16)13-15;1-2-3-4-5-6-7-11-16-14-10-8-9-13(15)12-14;13-10-5-4-8-12(9-10)14-11-6-2-1-3-7-11;7-5-2-1-3-6(8)4-5/h9-11,13,16H,2-8,12H2,1H3;8-10,12,15H,2-7,11H2,1H3;1-9,13H;1-4,7-8H. The smallest absolute Gasteiger partial charge is 0.131 e. The summed E-state index contributed by atoms with van der Waals surface area (Å²) >= 11 is 0. The molecule has 0 saturated heterocycles. The Hall–Kier alpha value is -5.50. The van der Waals surface area contributed by atoms with Crippen LogP contribution in [0, 0.1) is 0 Å². The van der Waals surface area contributed by atoms with Crippen LogP contribution in [-0.4, -0.2) is 38.7 Å². The summed E-state index contributed by atoms with van der Waals surface area (Å²) in [5.74, 6) is 3.83. The molecule has 0 heterocycles. The molecule has 5 aromatic rings. The summed E-state index contributed by atoms with van der Waals surface area (Å²) in [6.07, 6.45) is 16.6. The number of hydrogen-bond donors (Lipinski definition) is 5. The molecule has 0 amide bonds. The second kappa shape index (κ2) is 29.9. The summed E-state index contributed by atoms with van der Waals surface area (Å²) in [5.41, 5.74) is 0. The predicted molar refractivity (Wildman–Crippen MR) is 223 cm³/mol. The first-order chi connectivity index (χ1) is 26.8. The molecule has 55 heavy (non-hydrogen) atoms. The van der Waals surface area contributed by atoms with E-state index in [-0.39, 0.29) is 28.7 Å². The molecule has 5 N–H and O–H groups in total. The SMILES string of the molecule is CCCCCCCCCOc1cccc(O)c1.CCCCCCCCOc1cccc(O)c1.Oc1cccc(O)c1.Oc1cccc(Oc2ccccc2)c1. The van der Waals surface area contributed by atoms with Gasteiger partial charge in [-0.15, -0.1) is 0 Å². The highest BCUT2D eigenvalue weighted by Gasteiger charge is 1.98. The van der Waals surface area contributed by atoms with Crippen LogP contribution >= 0.6 is 0 Å². The van der Waals surface area contributed by atoms with E-state index in [0.717, 1.165) is 43.3 Å². The molecule has 8 heteroatoms. The van der Waals surface area contributed by atoms with E-state index in [9.17, 15) is 15.3 Å². The topological polar surface area (TPSA) is 129 Å². The van der Waals surface area contributed by atoms with Crippen molar-refractivity contribution in [3.8, 4) is 51.7 Å². The van der Waals surface area contributed by atoms with Gasteiger partial charge in [-0.3, -0.25) is 0 Å². The molecule has 0 aromatic heterocycles. The highest BCUT2D eigenvalue weighted by Crippen LogP contribution is 2.24. The summed E-state index contributed by atoms with van der Waals surface area (Å²) in [6, 6.07) is 36.0. The van der Waals surface area contributed by atoms with Crippen molar-refractivity contribution in [2.75, 3.05) is 13.2 Å². The summed E-state index contributed by atoms with van der Waals surface area (Å²) in [5, 5.41) is 45.0. The molecule has 8 nitrogen and oxygen atoms in total. The van der Waals surface area contributed by atoms with Crippen molar-refractivity contribution >= 4 is 0 Å². The zero-order valence-electron chi connectivity index (χ0n) is 32.7. The molecule has 0 saturated carbocycles. The Morgan fingerprint density at radius 3 is 1.04 bits per heavy atom. The summed E-state index contributed by atoms with van der Waals surface area (Å²) in [7, 11) is 0. The summed E-state index contributed by atoms with van der Waals surface area (Å²) < 4.78 is 16.6. The van der Waals surface area contributed by atoms with E-state index in [2.05, 4.69) is 13.8 Å². The Labute approximate surface area is 328 Å². The third-order valence-corrected chi connectivity index (χ3v) is 8.04. The van der Waals surface area contributed by atoms with Crippen molar-refractivity contribution < 1.29 is 39.7 Å². The van der Waals surface area contributed by atoms with Gasteiger partial charge in [0.15, 0.2) is 0 Å². The largest absolute Gasteiger partial charge is 0.508 e. The predicted octanol–water partition coefficient (Wildman–Crippen LogP) is 12.9. The van der Waals surface area contributed by atoms with Crippen LogP contribution in [-0.2, 0) is 0 Å². The van der Waals surface area contributed by atoms with Gasteiger partial charge in [0.1, 0.15) is 51.7 Å². The second-order valence-corrected chi connectivity index (χ2v) is 13.0. The van der Waals surface area contributed by atoms with E-state index in [1.165, 1.54) is 88.8 Å². The molecule has 0 fully saturated rings. The van der Waals surface area contributed by atoms with Crippen LogP contribution < -0.4 is 14.2 Å². The molecule has 5 rings (SSSR count). The first kappa shape index (κ1) is 45.7. The van der Waals surface area contributed by atoms with Gasteiger partial charge in [0.05, 0.1) is 13.2 Å². The van der Waals surface area contributed by atoms with Crippen molar-refractivity contribution in [1.82, 2.24) is 0 Å². The van der Waals surface area contributed by atoms with Gasteiger partial charge in [0.2, 0.25) is 0 Å².